The number of hydrogen-bond donors (Lipinski definition) is 1. The van der Waals surface area contributed by atoms with Crippen LogP contribution in [-0.4, -0.2) is 38.6 Å². The van der Waals surface area contributed by atoms with Gasteiger partial charge in [0.2, 0.25) is 5.91 Å². The molecule has 1 saturated carbocycles. The fourth-order valence-electron chi connectivity index (χ4n) is 3.38. The summed E-state index contributed by atoms with van der Waals surface area (Å²) in [5.74, 6) is 1.44. The van der Waals surface area contributed by atoms with Crippen LogP contribution in [0.15, 0.2) is 17.5 Å². The summed E-state index contributed by atoms with van der Waals surface area (Å²) in [4.78, 5) is 16.0. The molecule has 2 aliphatic rings. The minimum atomic E-state index is -0.831. The maximum atomic E-state index is 12.9. The lowest BCUT2D eigenvalue weighted by Crippen LogP contribution is -2.44. The summed E-state index contributed by atoms with van der Waals surface area (Å²) in [5, 5.41) is 5.64. The number of carbonyl (C=O) groups excluding carboxylic acids is 1. The molecule has 1 aromatic heterocycles. The van der Waals surface area contributed by atoms with Gasteiger partial charge in [0.25, 0.3) is 0 Å². The van der Waals surface area contributed by atoms with Gasteiger partial charge in [0, 0.05) is 33.7 Å². The fraction of sp³-hybridized carbons (Fsp3) is 0.667. The predicted octanol–water partition coefficient (Wildman–Crippen LogP) is 2.26. The quantitative estimate of drug-likeness (QED) is 0.903. The van der Waals surface area contributed by atoms with Gasteiger partial charge in [-0.1, -0.05) is 25.8 Å². The van der Waals surface area contributed by atoms with E-state index in [9.17, 15) is 9.00 Å². The highest BCUT2D eigenvalue weighted by atomic mass is 32.2. The van der Waals surface area contributed by atoms with E-state index in [2.05, 4.69) is 11.4 Å². The number of nitrogens with one attached hydrogen (secondary N) is 1. The molecule has 0 radical (unpaired) electrons. The molecule has 0 aromatic carbocycles. The first kappa shape index (κ1) is 15.2. The van der Waals surface area contributed by atoms with E-state index in [1.165, 1.54) is 4.88 Å². The summed E-state index contributed by atoms with van der Waals surface area (Å²) >= 11 is 1.68. The first-order chi connectivity index (χ1) is 10.2. The standard InChI is InChI=1S/C15H22N2O2S2/c1-2-21(19)11-9-17-13(12-6-5-10-20-12)16-15(14(17)18)7-3-4-8-15/h5-6,10,13,16H,2-4,7-9,11H2,1H3. The van der Waals surface area contributed by atoms with Crippen LogP contribution >= 0.6 is 11.3 Å². The number of hydrogen-bond acceptors (Lipinski definition) is 4. The van der Waals surface area contributed by atoms with Crippen molar-refractivity contribution >= 4 is 28.0 Å². The molecule has 2 atom stereocenters. The second-order valence-electron chi connectivity index (χ2n) is 5.78. The van der Waals surface area contributed by atoms with Crippen LogP contribution in [0.4, 0.5) is 0 Å². The molecule has 1 aromatic rings. The van der Waals surface area contributed by atoms with Crippen LogP contribution in [0, 0.1) is 0 Å². The zero-order chi connectivity index (χ0) is 14.9. The first-order valence-corrected chi connectivity index (χ1v) is 10.0. The van der Waals surface area contributed by atoms with E-state index in [-0.39, 0.29) is 17.6 Å². The second-order valence-corrected chi connectivity index (χ2v) is 8.63. The molecule has 116 valence electrons. The third-order valence-electron chi connectivity index (χ3n) is 4.55. The maximum absolute atomic E-state index is 12.9. The van der Waals surface area contributed by atoms with Gasteiger partial charge in [-0.25, -0.2) is 0 Å². The van der Waals surface area contributed by atoms with E-state index >= 15 is 0 Å². The van der Waals surface area contributed by atoms with Crippen LogP contribution in [0.3, 0.4) is 0 Å². The Bertz CT molecular complexity index is 524. The molecule has 1 aliphatic heterocycles. The minimum absolute atomic E-state index is 0.0375. The largest absolute Gasteiger partial charge is 0.320 e. The van der Waals surface area contributed by atoms with Crippen LogP contribution in [0.5, 0.6) is 0 Å². The zero-order valence-electron chi connectivity index (χ0n) is 12.3. The van der Waals surface area contributed by atoms with E-state index in [1.54, 1.807) is 11.3 Å². The lowest BCUT2D eigenvalue weighted by atomic mass is 9.98. The molecule has 1 amide bonds. The maximum Gasteiger partial charge on any atom is 0.244 e. The van der Waals surface area contributed by atoms with Crippen LogP contribution in [0.2, 0.25) is 0 Å². The Morgan fingerprint density at radius 2 is 2.24 bits per heavy atom. The number of amides is 1. The van der Waals surface area contributed by atoms with Gasteiger partial charge in [-0.05, 0) is 24.3 Å². The van der Waals surface area contributed by atoms with Gasteiger partial charge >= 0.3 is 0 Å². The predicted molar refractivity (Wildman–Crippen MR) is 86.7 cm³/mol. The molecular formula is C15H22N2O2S2. The zero-order valence-corrected chi connectivity index (χ0v) is 14.0. The lowest BCUT2D eigenvalue weighted by Gasteiger charge is -2.23. The molecule has 4 nitrogen and oxygen atoms in total. The molecule has 2 fully saturated rings. The van der Waals surface area contributed by atoms with E-state index in [4.69, 9.17) is 0 Å². The van der Waals surface area contributed by atoms with Gasteiger partial charge in [0.1, 0.15) is 6.17 Å². The average Bonchev–Trinajstić information content (AvgIpc) is 3.21. The van der Waals surface area contributed by atoms with E-state index < -0.39 is 10.8 Å². The monoisotopic (exact) mass is 326 g/mol. The van der Waals surface area contributed by atoms with Crippen LogP contribution in [0.1, 0.15) is 43.6 Å². The van der Waals surface area contributed by atoms with E-state index in [0.717, 1.165) is 25.7 Å². The number of nitrogens with zero attached hydrogens (tertiary/aromatic N) is 1. The average molecular weight is 326 g/mol. The molecule has 3 rings (SSSR count). The van der Waals surface area contributed by atoms with Gasteiger partial charge in [0.15, 0.2) is 0 Å². The third-order valence-corrected chi connectivity index (χ3v) is 6.75. The minimum Gasteiger partial charge on any atom is -0.320 e. The molecule has 1 saturated heterocycles. The summed E-state index contributed by atoms with van der Waals surface area (Å²) < 4.78 is 11.7. The molecule has 1 N–H and O–H groups in total. The SMILES string of the molecule is CCS(=O)CCN1C(=O)C2(CCCC2)NC1c1cccs1. The van der Waals surface area contributed by atoms with E-state index in [1.807, 2.05) is 23.3 Å². The molecule has 6 heteroatoms. The fourth-order valence-corrected chi connectivity index (χ4v) is 4.85. The van der Waals surface area contributed by atoms with Crippen molar-refractivity contribution in [1.29, 1.82) is 0 Å². The molecule has 21 heavy (non-hydrogen) atoms. The topological polar surface area (TPSA) is 49.4 Å². The molecular weight excluding hydrogens is 304 g/mol. The molecule has 2 unspecified atom stereocenters. The Morgan fingerprint density at radius 1 is 1.48 bits per heavy atom. The highest BCUT2D eigenvalue weighted by Crippen LogP contribution is 2.41. The van der Waals surface area contributed by atoms with Gasteiger partial charge in [-0.3, -0.25) is 14.3 Å². The van der Waals surface area contributed by atoms with Crippen molar-refractivity contribution in [2.24, 2.45) is 0 Å². The van der Waals surface area contributed by atoms with Crippen LogP contribution in [-0.2, 0) is 15.6 Å². The van der Waals surface area contributed by atoms with Crippen molar-refractivity contribution in [2.45, 2.75) is 44.3 Å². The number of rotatable bonds is 5. The van der Waals surface area contributed by atoms with Gasteiger partial charge in [0.05, 0.1) is 5.54 Å². The van der Waals surface area contributed by atoms with E-state index in [0.29, 0.717) is 18.1 Å². The van der Waals surface area contributed by atoms with Gasteiger partial charge in [-0.15, -0.1) is 11.3 Å². The smallest absolute Gasteiger partial charge is 0.244 e. The van der Waals surface area contributed by atoms with Crippen molar-refractivity contribution < 1.29 is 9.00 Å². The molecule has 2 heterocycles. The summed E-state index contributed by atoms with van der Waals surface area (Å²) in [6.45, 7) is 2.51. The molecule has 1 spiro atoms. The summed E-state index contributed by atoms with van der Waals surface area (Å²) in [6, 6.07) is 4.10. The Kier molecular flexibility index (Phi) is 4.47. The second kappa shape index (κ2) is 6.18. The highest BCUT2D eigenvalue weighted by Gasteiger charge is 2.52. The van der Waals surface area contributed by atoms with Crippen molar-refractivity contribution in [3.63, 3.8) is 0 Å². The van der Waals surface area contributed by atoms with Crippen molar-refractivity contribution in [2.75, 3.05) is 18.1 Å². The van der Waals surface area contributed by atoms with Crippen molar-refractivity contribution in [3.05, 3.63) is 22.4 Å². The third kappa shape index (κ3) is 2.81. The lowest BCUT2D eigenvalue weighted by molar-refractivity contribution is -0.132. The van der Waals surface area contributed by atoms with Gasteiger partial charge in [-0.2, -0.15) is 0 Å². The van der Waals surface area contributed by atoms with Crippen molar-refractivity contribution in [3.8, 4) is 0 Å². The number of carbonyl (C=O) groups is 1. The van der Waals surface area contributed by atoms with Crippen LogP contribution in [0.25, 0.3) is 0 Å². The summed E-state index contributed by atoms with van der Waals surface area (Å²) in [6.07, 6.45) is 4.06. The molecule has 1 aliphatic carbocycles. The Labute approximate surface area is 132 Å². The Balaban J connectivity index is 1.82. The molecule has 0 bridgehead atoms. The Morgan fingerprint density at radius 3 is 2.86 bits per heavy atom. The summed E-state index contributed by atoms with van der Waals surface area (Å²) in [5.41, 5.74) is -0.359. The normalized spacial score (nSPS) is 25.9. The van der Waals surface area contributed by atoms with Gasteiger partial charge < -0.3 is 4.90 Å². The Hall–Kier alpha value is -0.720. The summed E-state index contributed by atoms with van der Waals surface area (Å²) in [7, 11) is -0.831. The number of thiophene rings is 1. The van der Waals surface area contributed by atoms with Crippen LogP contribution < -0.4 is 5.32 Å². The first-order valence-electron chi connectivity index (χ1n) is 7.63. The van der Waals surface area contributed by atoms with Crippen molar-refractivity contribution in [1.82, 2.24) is 10.2 Å². The highest BCUT2D eigenvalue weighted by molar-refractivity contribution is 7.84.